The van der Waals surface area contributed by atoms with Gasteiger partial charge < -0.3 is 4.74 Å². The Hall–Kier alpha value is -0.820. The molecular formula is C12H15BrFNO3S. The molecule has 0 aromatic heterocycles. The molecule has 0 amide bonds. The standard InChI is InChI=1S/C12H15BrFNO3S/c1-7(2)8(6-19)5-18-12-10(13)3-9(14)4-11(12)15(16)17/h3-4,7-8,19H,5-6H2,1-2H3. The maximum atomic E-state index is 13.2. The summed E-state index contributed by atoms with van der Waals surface area (Å²) in [6.45, 7) is 4.35. The minimum absolute atomic E-state index is 0.0545. The van der Waals surface area contributed by atoms with Crippen molar-refractivity contribution in [3.05, 3.63) is 32.5 Å². The van der Waals surface area contributed by atoms with E-state index in [1.165, 1.54) is 0 Å². The van der Waals surface area contributed by atoms with Gasteiger partial charge in [-0.25, -0.2) is 4.39 Å². The molecule has 0 N–H and O–H groups in total. The molecule has 0 bridgehead atoms. The van der Waals surface area contributed by atoms with E-state index >= 15 is 0 Å². The number of thiol groups is 1. The van der Waals surface area contributed by atoms with Crippen molar-refractivity contribution in [2.75, 3.05) is 12.4 Å². The van der Waals surface area contributed by atoms with Crippen molar-refractivity contribution in [1.29, 1.82) is 0 Å². The van der Waals surface area contributed by atoms with Crippen LogP contribution in [0, 0.1) is 27.8 Å². The first-order chi connectivity index (χ1) is 8.86. The summed E-state index contributed by atoms with van der Waals surface area (Å²) in [4.78, 5) is 10.2. The maximum absolute atomic E-state index is 13.2. The Bertz CT molecular complexity index is 471. The molecule has 0 fully saturated rings. The van der Waals surface area contributed by atoms with Crippen LogP contribution in [0.2, 0.25) is 0 Å². The first kappa shape index (κ1) is 16.2. The molecule has 0 aliphatic heterocycles. The molecule has 1 atom stereocenters. The zero-order valence-corrected chi connectivity index (χ0v) is 13.1. The second kappa shape index (κ2) is 7.09. The molecule has 1 unspecified atom stereocenters. The van der Waals surface area contributed by atoms with Gasteiger partial charge in [-0.1, -0.05) is 13.8 Å². The van der Waals surface area contributed by atoms with Crippen LogP contribution < -0.4 is 4.74 Å². The van der Waals surface area contributed by atoms with Crippen molar-refractivity contribution >= 4 is 34.2 Å². The first-order valence-corrected chi connectivity index (χ1v) is 7.16. The molecule has 0 saturated heterocycles. The fourth-order valence-electron chi connectivity index (χ4n) is 1.47. The van der Waals surface area contributed by atoms with E-state index in [1.54, 1.807) is 0 Å². The van der Waals surface area contributed by atoms with Gasteiger partial charge in [-0.15, -0.1) is 0 Å². The van der Waals surface area contributed by atoms with Crippen LogP contribution in [0.5, 0.6) is 5.75 Å². The second-order valence-electron chi connectivity index (χ2n) is 4.49. The first-order valence-electron chi connectivity index (χ1n) is 5.73. The number of rotatable bonds is 6. The Morgan fingerprint density at radius 1 is 1.53 bits per heavy atom. The molecule has 0 saturated carbocycles. The van der Waals surface area contributed by atoms with Gasteiger partial charge >= 0.3 is 5.69 Å². The minimum Gasteiger partial charge on any atom is -0.486 e. The highest BCUT2D eigenvalue weighted by Gasteiger charge is 2.22. The quantitative estimate of drug-likeness (QED) is 0.477. The Kier molecular flexibility index (Phi) is 6.06. The van der Waals surface area contributed by atoms with Gasteiger partial charge in [0.05, 0.1) is 22.1 Å². The van der Waals surface area contributed by atoms with Crippen molar-refractivity contribution in [2.24, 2.45) is 11.8 Å². The lowest BCUT2D eigenvalue weighted by Crippen LogP contribution is -2.20. The Morgan fingerprint density at radius 2 is 2.16 bits per heavy atom. The van der Waals surface area contributed by atoms with Crippen LogP contribution in [0.3, 0.4) is 0 Å². The monoisotopic (exact) mass is 351 g/mol. The molecule has 106 valence electrons. The predicted molar refractivity (Wildman–Crippen MR) is 78.4 cm³/mol. The van der Waals surface area contributed by atoms with Gasteiger partial charge in [-0.2, -0.15) is 12.6 Å². The number of ether oxygens (including phenoxy) is 1. The highest BCUT2D eigenvalue weighted by atomic mass is 79.9. The third-order valence-electron chi connectivity index (χ3n) is 2.80. The van der Waals surface area contributed by atoms with Crippen LogP contribution in [0.1, 0.15) is 13.8 Å². The molecular weight excluding hydrogens is 337 g/mol. The van der Waals surface area contributed by atoms with Gasteiger partial charge in [0.25, 0.3) is 0 Å². The normalized spacial score (nSPS) is 12.5. The van der Waals surface area contributed by atoms with Crippen LogP contribution in [-0.4, -0.2) is 17.3 Å². The van der Waals surface area contributed by atoms with E-state index in [0.717, 1.165) is 12.1 Å². The third-order valence-corrected chi connectivity index (χ3v) is 3.86. The number of benzene rings is 1. The lowest BCUT2D eigenvalue weighted by molar-refractivity contribution is -0.386. The zero-order valence-electron chi connectivity index (χ0n) is 10.6. The average Bonchev–Trinajstić information content (AvgIpc) is 2.30. The molecule has 1 aromatic rings. The third kappa shape index (κ3) is 4.35. The fraction of sp³-hybridized carbons (Fsp3) is 0.500. The van der Waals surface area contributed by atoms with E-state index in [-0.39, 0.29) is 21.8 Å². The van der Waals surface area contributed by atoms with Crippen LogP contribution >= 0.6 is 28.6 Å². The highest BCUT2D eigenvalue weighted by Crippen LogP contribution is 2.36. The van der Waals surface area contributed by atoms with E-state index in [4.69, 9.17) is 4.74 Å². The van der Waals surface area contributed by atoms with Crippen molar-refractivity contribution in [2.45, 2.75) is 13.8 Å². The molecule has 1 aromatic carbocycles. The summed E-state index contributed by atoms with van der Waals surface area (Å²) in [5.74, 6) is 0.500. The number of hydrogen-bond acceptors (Lipinski definition) is 4. The Labute approximate surface area is 125 Å². The lowest BCUT2D eigenvalue weighted by atomic mass is 9.99. The average molecular weight is 352 g/mol. The van der Waals surface area contributed by atoms with Crippen molar-refractivity contribution in [1.82, 2.24) is 0 Å². The number of nitrogens with zero attached hydrogens (tertiary/aromatic N) is 1. The highest BCUT2D eigenvalue weighted by molar-refractivity contribution is 9.10. The molecule has 0 aliphatic carbocycles. The van der Waals surface area contributed by atoms with E-state index in [1.807, 2.05) is 13.8 Å². The van der Waals surface area contributed by atoms with Crippen LogP contribution in [0.4, 0.5) is 10.1 Å². The Balaban J connectivity index is 2.97. The van der Waals surface area contributed by atoms with E-state index in [0.29, 0.717) is 18.3 Å². The largest absolute Gasteiger partial charge is 0.486 e. The number of nitro benzene ring substituents is 1. The number of nitro groups is 1. The summed E-state index contributed by atoms with van der Waals surface area (Å²) in [6, 6.07) is 2.00. The fourth-order valence-corrected chi connectivity index (χ4v) is 2.53. The summed E-state index contributed by atoms with van der Waals surface area (Å²) in [7, 11) is 0. The molecule has 0 heterocycles. The summed E-state index contributed by atoms with van der Waals surface area (Å²) in [6.07, 6.45) is 0. The van der Waals surface area contributed by atoms with E-state index in [9.17, 15) is 14.5 Å². The van der Waals surface area contributed by atoms with Crippen molar-refractivity contribution < 1.29 is 14.1 Å². The van der Waals surface area contributed by atoms with Crippen LogP contribution in [0.25, 0.3) is 0 Å². The van der Waals surface area contributed by atoms with Crippen molar-refractivity contribution in [3.63, 3.8) is 0 Å². The van der Waals surface area contributed by atoms with Gasteiger partial charge in [-0.05, 0) is 33.7 Å². The van der Waals surface area contributed by atoms with Gasteiger partial charge in [-0.3, -0.25) is 10.1 Å². The zero-order chi connectivity index (χ0) is 14.6. The minimum atomic E-state index is -0.680. The number of hydrogen-bond donors (Lipinski definition) is 1. The molecule has 1 rings (SSSR count). The molecule has 0 spiro atoms. The molecule has 19 heavy (non-hydrogen) atoms. The number of halogens is 2. The van der Waals surface area contributed by atoms with Crippen molar-refractivity contribution in [3.8, 4) is 5.75 Å². The van der Waals surface area contributed by atoms with Gasteiger partial charge in [0.2, 0.25) is 5.75 Å². The maximum Gasteiger partial charge on any atom is 0.315 e. The Morgan fingerprint density at radius 3 is 2.63 bits per heavy atom. The van der Waals surface area contributed by atoms with Gasteiger partial charge in [0.1, 0.15) is 5.82 Å². The summed E-state index contributed by atoms with van der Waals surface area (Å²) in [5.41, 5.74) is -0.381. The molecule has 4 nitrogen and oxygen atoms in total. The van der Waals surface area contributed by atoms with E-state index < -0.39 is 10.7 Å². The summed E-state index contributed by atoms with van der Waals surface area (Å²) >= 11 is 7.31. The van der Waals surface area contributed by atoms with Crippen LogP contribution in [0.15, 0.2) is 16.6 Å². The molecule has 0 radical (unpaired) electrons. The topological polar surface area (TPSA) is 52.4 Å². The van der Waals surface area contributed by atoms with E-state index in [2.05, 4.69) is 28.6 Å². The lowest BCUT2D eigenvalue weighted by Gasteiger charge is -2.19. The smallest absolute Gasteiger partial charge is 0.315 e. The summed E-state index contributed by atoms with van der Waals surface area (Å²) in [5, 5.41) is 10.9. The SMILES string of the molecule is CC(C)C(CS)COc1c(Br)cc(F)cc1[N+](=O)[O-]. The molecule has 7 heteroatoms. The van der Waals surface area contributed by atoms with Gasteiger partial charge in [0, 0.05) is 5.92 Å². The van der Waals surface area contributed by atoms with Crippen LogP contribution in [-0.2, 0) is 0 Å². The van der Waals surface area contributed by atoms with Gasteiger partial charge in [0.15, 0.2) is 0 Å². The predicted octanol–water partition coefficient (Wildman–Crippen LogP) is 4.08. The second-order valence-corrected chi connectivity index (χ2v) is 5.71. The summed E-state index contributed by atoms with van der Waals surface area (Å²) < 4.78 is 18.9. The molecule has 0 aliphatic rings.